The van der Waals surface area contributed by atoms with Crippen LogP contribution in [0, 0.1) is 0 Å². The number of pyridine rings is 1. The van der Waals surface area contributed by atoms with E-state index in [1.807, 2.05) is 48.5 Å². The Bertz CT molecular complexity index is 785. The van der Waals surface area contributed by atoms with E-state index in [1.54, 1.807) is 23.3 Å². The van der Waals surface area contributed by atoms with Gasteiger partial charge in [0.1, 0.15) is 12.7 Å². The molecule has 1 amide bonds. The highest BCUT2D eigenvalue weighted by Crippen LogP contribution is 2.14. The maximum atomic E-state index is 12.3. The first-order chi connectivity index (χ1) is 11.8. The molecule has 6 nitrogen and oxygen atoms in total. The van der Waals surface area contributed by atoms with Crippen LogP contribution >= 0.6 is 0 Å². The van der Waals surface area contributed by atoms with E-state index in [9.17, 15) is 4.79 Å². The van der Waals surface area contributed by atoms with Gasteiger partial charge in [-0.05, 0) is 23.8 Å². The quantitative estimate of drug-likeness (QED) is 0.707. The molecule has 3 rings (SSSR count). The van der Waals surface area contributed by atoms with Crippen molar-refractivity contribution in [2.45, 2.75) is 12.6 Å². The minimum absolute atomic E-state index is 0.186. The molecule has 0 fully saturated rings. The van der Waals surface area contributed by atoms with Gasteiger partial charge >= 0.3 is 0 Å². The van der Waals surface area contributed by atoms with Crippen molar-refractivity contribution in [3.05, 3.63) is 84.7 Å². The SMILES string of the molecule is O=C(/C=C/c1ccccn1)N[C@H](Cn1cncn1)c1ccccc1. The number of aromatic nitrogens is 4. The summed E-state index contributed by atoms with van der Waals surface area (Å²) < 4.78 is 1.69. The van der Waals surface area contributed by atoms with E-state index in [1.165, 1.54) is 12.4 Å². The van der Waals surface area contributed by atoms with Crippen LogP contribution in [0.3, 0.4) is 0 Å². The summed E-state index contributed by atoms with van der Waals surface area (Å²) in [7, 11) is 0. The number of amides is 1. The summed E-state index contributed by atoms with van der Waals surface area (Å²) in [6.45, 7) is 0.507. The molecule has 0 saturated heterocycles. The van der Waals surface area contributed by atoms with Gasteiger partial charge < -0.3 is 5.32 Å². The first kappa shape index (κ1) is 15.6. The number of nitrogens with one attached hydrogen (secondary N) is 1. The Morgan fingerprint density at radius 2 is 2.00 bits per heavy atom. The molecule has 6 heteroatoms. The Hall–Kier alpha value is -3.28. The highest BCUT2D eigenvalue weighted by molar-refractivity contribution is 5.91. The fraction of sp³-hybridized carbons (Fsp3) is 0.111. The Kier molecular flexibility index (Phi) is 5.09. The van der Waals surface area contributed by atoms with Gasteiger partial charge in [-0.25, -0.2) is 4.98 Å². The molecule has 1 N–H and O–H groups in total. The third-order valence-corrected chi connectivity index (χ3v) is 3.45. The van der Waals surface area contributed by atoms with Crippen LogP contribution in [-0.2, 0) is 11.3 Å². The topological polar surface area (TPSA) is 72.7 Å². The minimum Gasteiger partial charge on any atom is -0.344 e. The molecule has 120 valence electrons. The van der Waals surface area contributed by atoms with E-state index < -0.39 is 0 Å². The van der Waals surface area contributed by atoms with Gasteiger partial charge in [-0.15, -0.1) is 0 Å². The second-order valence-corrected chi connectivity index (χ2v) is 5.18. The summed E-state index contributed by atoms with van der Waals surface area (Å²) >= 11 is 0. The summed E-state index contributed by atoms with van der Waals surface area (Å²) in [5.41, 5.74) is 1.74. The molecule has 0 bridgehead atoms. The maximum absolute atomic E-state index is 12.3. The first-order valence-corrected chi connectivity index (χ1v) is 7.58. The van der Waals surface area contributed by atoms with Crippen molar-refractivity contribution >= 4 is 12.0 Å². The molecule has 0 aliphatic heterocycles. The van der Waals surface area contributed by atoms with Crippen LogP contribution in [0.15, 0.2) is 73.5 Å². The van der Waals surface area contributed by atoms with Crippen molar-refractivity contribution in [2.75, 3.05) is 0 Å². The van der Waals surface area contributed by atoms with Gasteiger partial charge in [-0.3, -0.25) is 14.5 Å². The molecule has 3 aromatic rings. The van der Waals surface area contributed by atoms with Crippen LogP contribution in [0.1, 0.15) is 17.3 Å². The van der Waals surface area contributed by atoms with E-state index >= 15 is 0 Å². The Balaban J connectivity index is 1.71. The summed E-state index contributed by atoms with van der Waals surface area (Å²) in [5, 5.41) is 7.11. The molecule has 0 aliphatic carbocycles. The number of carbonyl (C=O) groups excluding carboxylic acids is 1. The molecule has 0 unspecified atom stereocenters. The van der Waals surface area contributed by atoms with Crippen LogP contribution in [0.5, 0.6) is 0 Å². The largest absolute Gasteiger partial charge is 0.344 e. The zero-order valence-electron chi connectivity index (χ0n) is 13.0. The van der Waals surface area contributed by atoms with Crippen LogP contribution < -0.4 is 5.32 Å². The first-order valence-electron chi connectivity index (χ1n) is 7.58. The lowest BCUT2D eigenvalue weighted by Crippen LogP contribution is -2.30. The molecule has 1 atom stereocenters. The van der Waals surface area contributed by atoms with E-state index in [0.717, 1.165) is 11.3 Å². The standard InChI is InChI=1S/C18H17N5O/c24-18(10-9-16-8-4-5-11-20-16)22-17(12-23-14-19-13-21-23)15-6-2-1-3-7-15/h1-11,13-14,17H,12H2,(H,22,24)/b10-9+/t17-/m1/s1. The molecule has 0 saturated carbocycles. The van der Waals surface area contributed by atoms with Crippen molar-refractivity contribution in [3.8, 4) is 0 Å². The zero-order chi connectivity index (χ0) is 16.6. The fourth-order valence-corrected chi connectivity index (χ4v) is 2.29. The van der Waals surface area contributed by atoms with Crippen molar-refractivity contribution < 1.29 is 4.79 Å². The average molecular weight is 319 g/mol. The fourth-order valence-electron chi connectivity index (χ4n) is 2.29. The van der Waals surface area contributed by atoms with Gasteiger partial charge in [0.25, 0.3) is 0 Å². The molecular weight excluding hydrogens is 302 g/mol. The maximum Gasteiger partial charge on any atom is 0.244 e. The van der Waals surface area contributed by atoms with E-state index in [0.29, 0.717) is 6.54 Å². The van der Waals surface area contributed by atoms with Crippen molar-refractivity contribution in [1.82, 2.24) is 25.1 Å². The summed E-state index contributed by atoms with van der Waals surface area (Å²) in [6, 6.07) is 15.1. The Morgan fingerprint density at radius 3 is 2.71 bits per heavy atom. The summed E-state index contributed by atoms with van der Waals surface area (Å²) in [6.07, 6.45) is 7.97. The molecular formula is C18H17N5O. The minimum atomic E-state index is -0.200. The second-order valence-electron chi connectivity index (χ2n) is 5.18. The van der Waals surface area contributed by atoms with Crippen LogP contribution in [0.4, 0.5) is 0 Å². The third kappa shape index (κ3) is 4.36. The highest BCUT2D eigenvalue weighted by atomic mass is 16.1. The van der Waals surface area contributed by atoms with Gasteiger partial charge in [0.15, 0.2) is 0 Å². The Labute approximate surface area is 139 Å². The molecule has 1 aromatic carbocycles. The lowest BCUT2D eigenvalue weighted by Gasteiger charge is -2.18. The monoisotopic (exact) mass is 319 g/mol. The predicted molar refractivity (Wildman–Crippen MR) is 90.6 cm³/mol. The Morgan fingerprint density at radius 1 is 1.17 bits per heavy atom. The van der Waals surface area contributed by atoms with Gasteiger partial charge in [-0.2, -0.15) is 5.10 Å². The van der Waals surface area contributed by atoms with Crippen molar-refractivity contribution in [3.63, 3.8) is 0 Å². The van der Waals surface area contributed by atoms with Crippen LogP contribution in [0.25, 0.3) is 6.08 Å². The highest BCUT2D eigenvalue weighted by Gasteiger charge is 2.14. The normalized spacial score (nSPS) is 12.2. The summed E-state index contributed by atoms with van der Waals surface area (Å²) in [5.74, 6) is -0.186. The lowest BCUT2D eigenvalue weighted by atomic mass is 10.1. The second kappa shape index (κ2) is 7.82. The molecule has 0 spiro atoms. The number of rotatable bonds is 6. The van der Waals surface area contributed by atoms with Gasteiger partial charge in [-0.1, -0.05) is 36.4 Å². The van der Waals surface area contributed by atoms with Crippen LogP contribution in [-0.4, -0.2) is 25.7 Å². The average Bonchev–Trinajstić information content (AvgIpc) is 3.14. The third-order valence-electron chi connectivity index (χ3n) is 3.45. The van der Waals surface area contributed by atoms with Crippen molar-refractivity contribution in [1.29, 1.82) is 0 Å². The van der Waals surface area contributed by atoms with E-state index in [-0.39, 0.29) is 11.9 Å². The van der Waals surface area contributed by atoms with E-state index in [4.69, 9.17) is 0 Å². The number of hydrogen-bond donors (Lipinski definition) is 1. The molecule has 2 aromatic heterocycles. The molecule has 0 radical (unpaired) electrons. The van der Waals surface area contributed by atoms with Gasteiger partial charge in [0.2, 0.25) is 5.91 Å². The van der Waals surface area contributed by atoms with Crippen molar-refractivity contribution in [2.24, 2.45) is 0 Å². The van der Waals surface area contributed by atoms with Gasteiger partial charge in [0.05, 0.1) is 18.3 Å². The summed E-state index contributed by atoms with van der Waals surface area (Å²) in [4.78, 5) is 20.4. The predicted octanol–water partition coefficient (Wildman–Crippen LogP) is 2.24. The molecule has 0 aliphatic rings. The van der Waals surface area contributed by atoms with Crippen LogP contribution in [0.2, 0.25) is 0 Å². The lowest BCUT2D eigenvalue weighted by molar-refractivity contribution is -0.117. The number of hydrogen-bond acceptors (Lipinski definition) is 4. The number of benzene rings is 1. The van der Waals surface area contributed by atoms with Gasteiger partial charge in [0, 0.05) is 12.3 Å². The molecule has 24 heavy (non-hydrogen) atoms. The number of nitrogens with zero attached hydrogens (tertiary/aromatic N) is 4. The smallest absolute Gasteiger partial charge is 0.244 e. The molecule has 2 heterocycles. The zero-order valence-corrected chi connectivity index (χ0v) is 13.0. The van der Waals surface area contributed by atoms with E-state index in [2.05, 4.69) is 20.4 Å². The number of carbonyl (C=O) groups is 1.